The van der Waals surface area contributed by atoms with E-state index in [1.165, 1.54) is 10.6 Å². The Balaban J connectivity index is 1.99. The Morgan fingerprint density at radius 1 is 0.600 bits per heavy atom. The minimum Gasteiger partial charge on any atom is -0.392 e. The Hall–Kier alpha value is -0.780. The summed E-state index contributed by atoms with van der Waals surface area (Å²) < 4.78 is 0. The van der Waals surface area contributed by atoms with Crippen LogP contribution in [-0.4, -0.2) is 35.2 Å². The average molecular weight is 306 g/mol. The molecule has 0 aliphatic heterocycles. The van der Waals surface area contributed by atoms with E-state index in [0.717, 1.165) is 12.3 Å². The number of hydrogen-bond donors (Lipinski definition) is 2. The predicted octanol–water partition coefficient (Wildman–Crippen LogP) is 2.50. The Labute approximate surface area is 123 Å². The van der Waals surface area contributed by atoms with Crippen molar-refractivity contribution >= 4 is 26.5 Å². The van der Waals surface area contributed by atoms with Crippen molar-refractivity contribution in [3.05, 3.63) is 60.7 Å². The Morgan fingerprint density at radius 2 is 0.950 bits per heavy atom. The van der Waals surface area contributed by atoms with Crippen LogP contribution in [0.3, 0.4) is 0 Å². The fraction of sp³-hybridized carbons (Fsp3) is 0.250. The van der Waals surface area contributed by atoms with E-state index in [1.807, 2.05) is 36.4 Å². The molecule has 2 aromatic rings. The first-order valence-corrected chi connectivity index (χ1v) is 10.1. The van der Waals surface area contributed by atoms with Gasteiger partial charge in [0.1, 0.15) is 0 Å². The first-order chi connectivity index (χ1) is 9.85. The fourth-order valence-corrected chi connectivity index (χ4v) is 6.33. The second-order valence-corrected chi connectivity index (χ2v) is 9.13. The molecule has 2 unspecified atom stereocenters. The molecule has 4 heteroatoms. The zero-order chi connectivity index (χ0) is 14.2. The summed E-state index contributed by atoms with van der Waals surface area (Å²) in [7, 11) is -1.04. The van der Waals surface area contributed by atoms with E-state index in [1.54, 1.807) is 0 Å². The molecule has 0 radical (unpaired) electrons. The van der Waals surface area contributed by atoms with Crippen LogP contribution < -0.4 is 10.6 Å². The van der Waals surface area contributed by atoms with Crippen LogP contribution in [0.4, 0.5) is 0 Å². The molecule has 0 aromatic heterocycles. The van der Waals surface area contributed by atoms with Gasteiger partial charge >= 0.3 is 0 Å². The van der Waals surface area contributed by atoms with Crippen molar-refractivity contribution < 1.29 is 10.2 Å². The SMILES string of the molecule is OCP(CCP(CO)c1ccccc1)c1ccccc1. The third kappa shape index (κ3) is 4.36. The van der Waals surface area contributed by atoms with Gasteiger partial charge in [-0.15, -0.1) is 0 Å². The van der Waals surface area contributed by atoms with Crippen LogP contribution in [-0.2, 0) is 0 Å². The van der Waals surface area contributed by atoms with Crippen molar-refractivity contribution in [2.45, 2.75) is 0 Å². The van der Waals surface area contributed by atoms with Gasteiger partial charge in [0.2, 0.25) is 0 Å². The van der Waals surface area contributed by atoms with Gasteiger partial charge in [-0.25, -0.2) is 0 Å². The molecule has 2 aromatic carbocycles. The standard InChI is InChI=1S/C16H20O2P2/c17-13-19(15-7-3-1-4-8-15)11-12-20(14-18)16-9-5-2-6-10-16/h1-10,17-18H,11-14H2. The summed E-state index contributed by atoms with van der Waals surface area (Å²) in [6.45, 7) is 0. The van der Waals surface area contributed by atoms with E-state index in [4.69, 9.17) is 0 Å². The molecule has 2 atom stereocenters. The second-order valence-electron chi connectivity index (χ2n) is 4.48. The normalized spacial score (nSPS) is 13.9. The van der Waals surface area contributed by atoms with E-state index < -0.39 is 15.8 Å². The highest BCUT2D eigenvalue weighted by atomic mass is 31.1. The third-order valence-electron chi connectivity index (χ3n) is 3.22. The molecule has 0 spiro atoms. The van der Waals surface area contributed by atoms with Crippen molar-refractivity contribution in [2.75, 3.05) is 25.0 Å². The lowest BCUT2D eigenvalue weighted by Crippen LogP contribution is -2.12. The molecule has 0 heterocycles. The lowest BCUT2D eigenvalue weighted by molar-refractivity contribution is 0.369. The summed E-state index contributed by atoms with van der Waals surface area (Å²) in [6.07, 6.45) is 2.39. The number of aliphatic hydroxyl groups excluding tert-OH is 2. The monoisotopic (exact) mass is 306 g/mol. The van der Waals surface area contributed by atoms with Gasteiger partial charge in [0.25, 0.3) is 0 Å². The maximum absolute atomic E-state index is 9.61. The van der Waals surface area contributed by atoms with Gasteiger partial charge in [-0.05, 0) is 38.8 Å². The van der Waals surface area contributed by atoms with Gasteiger partial charge in [0, 0.05) is 0 Å². The summed E-state index contributed by atoms with van der Waals surface area (Å²) in [6, 6.07) is 20.4. The molecule has 0 fully saturated rings. The highest BCUT2D eigenvalue weighted by Crippen LogP contribution is 2.40. The Kier molecular flexibility index (Phi) is 6.63. The summed E-state index contributed by atoms with van der Waals surface area (Å²) in [5.74, 6) is 0. The lowest BCUT2D eigenvalue weighted by Gasteiger charge is -2.20. The smallest absolute Gasteiger partial charge is 0.0666 e. The largest absolute Gasteiger partial charge is 0.392 e. The topological polar surface area (TPSA) is 40.5 Å². The van der Waals surface area contributed by atoms with Gasteiger partial charge in [0.15, 0.2) is 0 Å². The van der Waals surface area contributed by atoms with Gasteiger partial charge < -0.3 is 10.2 Å². The van der Waals surface area contributed by atoms with Gasteiger partial charge in [-0.1, -0.05) is 60.7 Å². The van der Waals surface area contributed by atoms with Gasteiger partial charge in [0.05, 0.1) is 12.7 Å². The van der Waals surface area contributed by atoms with Crippen molar-refractivity contribution in [1.82, 2.24) is 0 Å². The first kappa shape index (κ1) is 15.6. The molecule has 2 N–H and O–H groups in total. The minimum atomic E-state index is -0.521. The fourth-order valence-electron chi connectivity index (χ4n) is 2.08. The molecule has 2 rings (SSSR count). The Morgan fingerprint density at radius 3 is 1.25 bits per heavy atom. The van der Waals surface area contributed by atoms with Crippen LogP contribution in [0.1, 0.15) is 0 Å². The van der Waals surface area contributed by atoms with Crippen molar-refractivity contribution in [3.63, 3.8) is 0 Å². The summed E-state index contributed by atoms with van der Waals surface area (Å²) in [5, 5.41) is 21.7. The average Bonchev–Trinajstić information content (AvgIpc) is 2.53. The van der Waals surface area contributed by atoms with Crippen molar-refractivity contribution in [1.29, 1.82) is 0 Å². The Bertz CT molecular complexity index is 443. The quantitative estimate of drug-likeness (QED) is 0.772. The number of aliphatic hydroxyl groups is 2. The maximum atomic E-state index is 9.61. The molecule has 0 aliphatic rings. The highest BCUT2D eigenvalue weighted by molar-refractivity contribution is 7.69. The van der Waals surface area contributed by atoms with Crippen molar-refractivity contribution in [3.8, 4) is 0 Å². The van der Waals surface area contributed by atoms with E-state index in [2.05, 4.69) is 24.3 Å². The molecule has 0 aliphatic carbocycles. The molecule has 0 saturated heterocycles. The first-order valence-electron chi connectivity index (χ1n) is 6.67. The van der Waals surface area contributed by atoms with E-state index in [0.29, 0.717) is 0 Å². The molecule has 0 amide bonds. The van der Waals surface area contributed by atoms with Crippen LogP contribution in [0, 0.1) is 0 Å². The molecule has 2 nitrogen and oxygen atoms in total. The van der Waals surface area contributed by atoms with E-state index >= 15 is 0 Å². The van der Waals surface area contributed by atoms with Crippen LogP contribution in [0.25, 0.3) is 0 Å². The molecular weight excluding hydrogens is 286 g/mol. The van der Waals surface area contributed by atoms with Crippen LogP contribution >= 0.6 is 15.8 Å². The van der Waals surface area contributed by atoms with Crippen molar-refractivity contribution in [2.24, 2.45) is 0 Å². The third-order valence-corrected chi connectivity index (χ3v) is 7.84. The predicted molar refractivity (Wildman–Crippen MR) is 89.9 cm³/mol. The van der Waals surface area contributed by atoms with E-state index in [-0.39, 0.29) is 12.7 Å². The van der Waals surface area contributed by atoms with Gasteiger partial charge in [-0.2, -0.15) is 0 Å². The van der Waals surface area contributed by atoms with Crippen LogP contribution in [0.5, 0.6) is 0 Å². The summed E-state index contributed by atoms with van der Waals surface area (Å²) in [4.78, 5) is 0. The zero-order valence-corrected chi connectivity index (χ0v) is 13.2. The highest BCUT2D eigenvalue weighted by Gasteiger charge is 2.14. The maximum Gasteiger partial charge on any atom is 0.0666 e. The van der Waals surface area contributed by atoms with E-state index in [9.17, 15) is 10.2 Å². The number of benzene rings is 2. The molecule has 0 saturated carbocycles. The zero-order valence-electron chi connectivity index (χ0n) is 11.4. The lowest BCUT2D eigenvalue weighted by atomic mass is 10.4. The molecular formula is C16H20O2P2. The second kappa shape index (κ2) is 8.49. The van der Waals surface area contributed by atoms with Gasteiger partial charge in [-0.3, -0.25) is 0 Å². The molecule has 20 heavy (non-hydrogen) atoms. The number of rotatable bonds is 7. The van der Waals surface area contributed by atoms with Crippen LogP contribution in [0.15, 0.2) is 60.7 Å². The van der Waals surface area contributed by atoms with Crippen LogP contribution in [0.2, 0.25) is 0 Å². The molecule has 0 bridgehead atoms. The summed E-state index contributed by atoms with van der Waals surface area (Å²) >= 11 is 0. The summed E-state index contributed by atoms with van der Waals surface area (Å²) in [5.41, 5.74) is 0. The number of hydrogen-bond acceptors (Lipinski definition) is 2. The molecule has 106 valence electrons. The minimum absolute atomic E-state index is 0.225.